The molecule has 0 N–H and O–H groups in total. The molecule has 0 spiro atoms. The van der Waals surface area contributed by atoms with E-state index in [9.17, 15) is 0 Å². The minimum Gasteiger partial charge on any atom is -0.793 e. The average molecular weight is 196 g/mol. The van der Waals surface area contributed by atoms with Crippen LogP contribution in [0.2, 0.25) is 0 Å². The van der Waals surface area contributed by atoms with Gasteiger partial charge in [-0.15, -0.1) is 0 Å². The van der Waals surface area contributed by atoms with Crippen molar-refractivity contribution >= 4 is 12.6 Å². The van der Waals surface area contributed by atoms with E-state index >= 15 is 0 Å². The smallest absolute Gasteiger partial charge is 0.793 e. The molecule has 0 saturated heterocycles. The third-order valence-corrected chi connectivity index (χ3v) is 2.77. The van der Waals surface area contributed by atoms with E-state index in [1.807, 2.05) is 0 Å². The molecule has 0 unspecified atom stereocenters. The minimum atomic E-state index is 0. The Labute approximate surface area is 119 Å². The molecule has 60 valence electrons. The van der Waals surface area contributed by atoms with Crippen LogP contribution in [0.3, 0.4) is 0 Å². The molecule has 11 heavy (non-hydrogen) atoms. The summed E-state index contributed by atoms with van der Waals surface area (Å²) in [6, 6.07) is 0. The summed E-state index contributed by atoms with van der Waals surface area (Å²) in [5.41, 5.74) is 0. The molecule has 1 aliphatic rings. The van der Waals surface area contributed by atoms with Gasteiger partial charge in [-0.05, 0) is 5.92 Å². The molecule has 0 heterocycles. The van der Waals surface area contributed by atoms with E-state index < -0.39 is 0 Å². The third-order valence-electron chi connectivity index (χ3n) is 2.48. The van der Waals surface area contributed by atoms with Crippen LogP contribution in [0.25, 0.3) is 0 Å². The zero-order valence-corrected chi connectivity index (χ0v) is 11.6. The van der Waals surface area contributed by atoms with Gasteiger partial charge in [-0.2, -0.15) is 5.75 Å². The van der Waals surface area contributed by atoms with Crippen LogP contribution in [-0.2, 0) is 12.6 Å². The predicted octanol–water partition coefficient (Wildman–Crippen LogP) is -0.102. The fraction of sp³-hybridized carbons (Fsp3) is 1.00. The fourth-order valence-corrected chi connectivity index (χ4v) is 2.04. The molecule has 0 aromatic heterocycles. The molecule has 0 radical (unpaired) electrons. The van der Waals surface area contributed by atoms with E-state index in [4.69, 9.17) is 12.6 Å². The predicted molar refractivity (Wildman–Crippen MR) is 48.0 cm³/mol. The Bertz CT molecular complexity index is 79.6. The quantitative estimate of drug-likeness (QED) is 0.344. The molecule has 1 aliphatic carbocycles. The normalized spacial score (nSPS) is 18.3. The second-order valence-electron chi connectivity index (χ2n) is 3.35. The molecule has 1 rings (SSSR count). The van der Waals surface area contributed by atoms with Crippen LogP contribution in [0.1, 0.15) is 44.9 Å². The summed E-state index contributed by atoms with van der Waals surface area (Å²) in [4.78, 5) is 0. The molecule has 0 aromatic rings. The second kappa shape index (κ2) is 8.58. The number of unbranched alkanes of at least 4 members (excludes halogenated alkanes) is 1. The molecule has 0 amide bonds. The van der Waals surface area contributed by atoms with Gasteiger partial charge in [0.15, 0.2) is 0 Å². The standard InChI is InChI=1S/C9H18S.K/c10-8-4-3-7-9-5-1-2-6-9;/h9-10H,1-8H2;/q;+1/p-1. The zero-order valence-electron chi connectivity index (χ0n) is 7.64. The van der Waals surface area contributed by atoms with E-state index in [1.54, 1.807) is 0 Å². The van der Waals surface area contributed by atoms with Crippen molar-refractivity contribution in [2.75, 3.05) is 5.75 Å². The van der Waals surface area contributed by atoms with Crippen molar-refractivity contribution in [3.63, 3.8) is 0 Å². The second-order valence-corrected chi connectivity index (χ2v) is 3.76. The van der Waals surface area contributed by atoms with Gasteiger partial charge in [0.05, 0.1) is 0 Å². The third kappa shape index (κ3) is 6.11. The Kier molecular flexibility index (Phi) is 10.1. The Balaban J connectivity index is 0.000001000. The van der Waals surface area contributed by atoms with Crippen molar-refractivity contribution in [1.82, 2.24) is 0 Å². The summed E-state index contributed by atoms with van der Waals surface area (Å²) in [5.74, 6) is 2.04. The summed E-state index contributed by atoms with van der Waals surface area (Å²) in [6.07, 6.45) is 10.1. The van der Waals surface area contributed by atoms with E-state index in [0.29, 0.717) is 0 Å². The number of hydrogen-bond acceptors (Lipinski definition) is 1. The van der Waals surface area contributed by atoms with Crippen LogP contribution >= 0.6 is 0 Å². The van der Waals surface area contributed by atoms with Crippen LogP contribution < -0.4 is 51.4 Å². The first-order valence-corrected chi connectivity index (χ1v) is 5.09. The van der Waals surface area contributed by atoms with Gasteiger partial charge in [0.2, 0.25) is 0 Å². The number of hydrogen-bond donors (Lipinski definition) is 0. The van der Waals surface area contributed by atoms with Crippen LogP contribution in [-0.4, -0.2) is 5.75 Å². The topological polar surface area (TPSA) is 0 Å². The van der Waals surface area contributed by atoms with Gasteiger partial charge in [-0.1, -0.05) is 44.9 Å². The van der Waals surface area contributed by atoms with Crippen LogP contribution in [0.15, 0.2) is 0 Å². The van der Waals surface area contributed by atoms with E-state index in [0.717, 1.165) is 11.7 Å². The van der Waals surface area contributed by atoms with E-state index in [2.05, 4.69) is 0 Å². The van der Waals surface area contributed by atoms with Crippen molar-refractivity contribution in [2.24, 2.45) is 5.92 Å². The van der Waals surface area contributed by atoms with Gasteiger partial charge in [0.25, 0.3) is 0 Å². The van der Waals surface area contributed by atoms with Crippen molar-refractivity contribution in [1.29, 1.82) is 0 Å². The van der Waals surface area contributed by atoms with Crippen molar-refractivity contribution < 1.29 is 51.4 Å². The maximum Gasteiger partial charge on any atom is 1.00 e. The maximum absolute atomic E-state index is 4.89. The molecule has 0 aliphatic heterocycles. The first kappa shape index (κ1) is 13.0. The van der Waals surface area contributed by atoms with Crippen LogP contribution in [0, 0.1) is 5.92 Å². The molecular weight excluding hydrogens is 179 g/mol. The molecule has 0 bridgehead atoms. The summed E-state index contributed by atoms with van der Waals surface area (Å²) in [5, 5.41) is 0. The minimum absolute atomic E-state index is 0. The van der Waals surface area contributed by atoms with Gasteiger partial charge >= 0.3 is 51.4 Å². The zero-order chi connectivity index (χ0) is 7.23. The largest absolute Gasteiger partial charge is 1.00 e. The molecule has 1 saturated carbocycles. The van der Waals surface area contributed by atoms with Gasteiger partial charge in [0.1, 0.15) is 0 Å². The molecule has 2 heteroatoms. The summed E-state index contributed by atoms with van der Waals surface area (Å²) >= 11 is 4.89. The first-order chi connectivity index (χ1) is 4.93. The Morgan fingerprint density at radius 2 is 1.73 bits per heavy atom. The van der Waals surface area contributed by atoms with Gasteiger partial charge in [-0.3, -0.25) is 0 Å². The molecule has 0 atom stereocenters. The fourth-order valence-electron chi connectivity index (χ4n) is 1.83. The average Bonchev–Trinajstić information content (AvgIpc) is 2.41. The van der Waals surface area contributed by atoms with Gasteiger partial charge < -0.3 is 12.6 Å². The number of rotatable bonds is 4. The van der Waals surface area contributed by atoms with Gasteiger partial charge in [-0.25, -0.2) is 0 Å². The van der Waals surface area contributed by atoms with E-state index in [-0.39, 0.29) is 51.4 Å². The summed E-state index contributed by atoms with van der Waals surface area (Å²) in [6.45, 7) is 0. The van der Waals surface area contributed by atoms with Gasteiger partial charge in [0, 0.05) is 0 Å². The van der Waals surface area contributed by atoms with Crippen LogP contribution in [0.5, 0.6) is 0 Å². The van der Waals surface area contributed by atoms with Crippen LogP contribution in [0.4, 0.5) is 0 Å². The van der Waals surface area contributed by atoms with Crippen molar-refractivity contribution in [2.45, 2.75) is 44.9 Å². The molecule has 0 nitrogen and oxygen atoms in total. The van der Waals surface area contributed by atoms with Crippen molar-refractivity contribution in [3.05, 3.63) is 0 Å². The molecule has 0 aromatic carbocycles. The first-order valence-electron chi connectivity index (χ1n) is 4.51. The summed E-state index contributed by atoms with van der Waals surface area (Å²) in [7, 11) is 0. The SMILES string of the molecule is [K+].[S-]CCCCC1CCCC1. The Morgan fingerprint density at radius 1 is 1.09 bits per heavy atom. The monoisotopic (exact) mass is 196 g/mol. The Hall–Kier alpha value is 1.99. The molecule has 1 fully saturated rings. The maximum atomic E-state index is 4.89. The van der Waals surface area contributed by atoms with E-state index in [1.165, 1.54) is 44.9 Å². The summed E-state index contributed by atoms with van der Waals surface area (Å²) < 4.78 is 0. The molecular formula is C9H17KS. The Morgan fingerprint density at radius 3 is 2.27 bits per heavy atom. The van der Waals surface area contributed by atoms with Crippen molar-refractivity contribution in [3.8, 4) is 0 Å².